The van der Waals surface area contributed by atoms with E-state index in [0.717, 1.165) is 11.6 Å². The first kappa shape index (κ1) is 20.6. The summed E-state index contributed by atoms with van der Waals surface area (Å²) in [5.74, 6) is -2.40. The Bertz CT molecular complexity index is 1220. The summed E-state index contributed by atoms with van der Waals surface area (Å²) >= 11 is 0. The summed E-state index contributed by atoms with van der Waals surface area (Å²) in [7, 11) is 1.71. The molecule has 1 aromatic heterocycles. The summed E-state index contributed by atoms with van der Waals surface area (Å²) in [4.78, 5) is 29.4. The van der Waals surface area contributed by atoms with E-state index in [2.05, 4.69) is 10.3 Å². The number of hydrogen-bond donors (Lipinski definition) is 2. The number of aromatic amines is 1. The first-order chi connectivity index (χ1) is 15.3. The van der Waals surface area contributed by atoms with Crippen LogP contribution in [0.5, 0.6) is 0 Å². The summed E-state index contributed by atoms with van der Waals surface area (Å²) in [5, 5.41) is 3.26. The van der Waals surface area contributed by atoms with Gasteiger partial charge in [0.1, 0.15) is 23.5 Å². The third-order valence-corrected chi connectivity index (χ3v) is 6.66. The molecule has 1 atom stereocenters. The van der Waals surface area contributed by atoms with E-state index < -0.39 is 23.5 Å². The number of hydrogen-bond acceptors (Lipinski definition) is 2. The van der Waals surface area contributed by atoms with Crippen LogP contribution < -0.4 is 5.32 Å². The molecule has 2 aromatic carbocycles. The van der Waals surface area contributed by atoms with Crippen LogP contribution in [0.1, 0.15) is 30.7 Å². The number of carbonyl (C=O) groups is 2. The molecule has 1 unspecified atom stereocenters. The van der Waals surface area contributed by atoms with Crippen molar-refractivity contribution < 1.29 is 22.8 Å². The van der Waals surface area contributed by atoms with Gasteiger partial charge in [-0.3, -0.25) is 9.59 Å². The van der Waals surface area contributed by atoms with Crippen LogP contribution in [-0.4, -0.2) is 41.3 Å². The number of likely N-dealkylation sites (N-methyl/N-ethyl adjacent to an activating group) is 1. The second-order valence-electron chi connectivity index (χ2n) is 8.71. The van der Waals surface area contributed by atoms with Gasteiger partial charge in [0.2, 0.25) is 11.8 Å². The lowest BCUT2D eigenvalue weighted by molar-refractivity contribution is -0.134. The van der Waals surface area contributed by atoms with E-state index in [1.165, 1.54) is 18.2 Å². The van der Waals surface area contributed by atoms with Crippen molar-refractivity contribution in [3.63, 3.8) is 0 Å². The number of carbonyl (C=O) groups excluding carboxylic acids is 2. The highest BCUT2D eigenvalue weighted by Gasteiger charge is 2.40. The third-order valence-electron chi connectivity index (χ3n) is 6.66. The van der Waals surface area contributed by atoms with Crippen LogP contribution in [0.25, 0.3) is 22.2 Å². The zero-order chi connectivity index (χ0) is 22.6. The molecule has 32 heavy (non-hydrogen) atoms. The van der Waals surface area contributed by atoms with Gasteiger partial charge in [-0.2, -0.15) is 0 Å². The zero-order valence-corrected chi connectivity index (χ0v) is 17.4. The fourth-order valence-electron chi connectivity index (χ4n) is 4.82. The Morgan fingerprint density at radius 3 is 2.47 bits per heavy atom. The fourth-order valence-corrected chi connectivity index (χ4v) is 4.82. The summed E-state index contributed by atoms with van der Waals surface area (Å²) < 4.78 is 41.9. The Kier molecular flexibility index (Phi) is 4.95. The smallest absolute Gasteiger partial charge is 0.244 e. The van der Waals surface area contributed by atoms with Gasteiger partial charge in [0.15, 0.2) is 0 Å². The van der Waals surface area contributed by atoms with Crippen LogP contribution >= 0.6 is 0 Å². The minimum absolute atomic E-state index is 0.0876. The van der Waals surface area contributed by atoms with Crippen molar-refractivity contribution in [3.05, 3.63) is 59.4 Å². The maximum Gasteiger partial charge on any atom is 0.244 e. The van der Waals surface area contributed by atoms with Crippen LogP contribution in [0, 0.1) is 23.4 Å². The molecule has 166 valence electrons. The zero-order valence-electron chi connectivity index (χ0n) is 17.4. The first-order valence-corrected chi connectivity index (χ1v) is 10.6. The molecule has 1 saturated carbocycles. The molecular formula is C24H22F3N3O2. The van der Waals surface area contributed by atoms with Crippen molar-refractivity contribution in [2.45, 2.75) is 31.2 Å². The van der Waals surface area contributed by atoms with Crippen molar-refractivity contribution in [3.8, 4) is 11.3 Å². The van der Waals surface area contributed by atoms with Gasteiger partial charge >= 0.3 is 0 Å². The van der Waals surface area contributed by atoms with Gasteiger partial charge in [-0.15, -0.1) is 0 Å². The Morgan fingerprint density at radius 1 is 1.09 bits per heavy atom. The van der Waals surface area contributed by atoms with E-state index >= 15 is 0 Å². The second kappa shape index (κ2) is 7.69. The molecule has 2 fully saturated rings. The highest BCUT2D eigenvalue weighted by molar-refractivity contribution is 5.93. The van der Waals surface area contributed by atoms with E-state index in [1.807, 2.05) is 0 Å². The number of aromatic nitrogens is 1. The predicted octanol–water partition coefficient (Wildman–Crippen LogP) is 4.09. The molecule has 2 aliphatic rings. The molecular weight excluding hydrogens is 419 g/mol. The molecule has 8 heteroatoms. The number of likely N-dealkylation sites (tertiary alicyclic amines) is 1. The van der Waals surface area contributed by atoms with E-state index in [9.17, 15) is 22.8 Å². The number of fused-ring (bicyclic) bond motifs is 1. The van der Waals surface area contributed by atoms with Crippen molar-refractivity contribution >= 4 is 22.7 Å². The van der Waals surface area contributed by atoms with Gasteiger partial charge in [0.25, 0.3) is 0 Å². The molecule has 1 aliphatic heterocycles. The highest BCUT2D eigenvalue weighted by Crippen LogP contribution is 2.48. The van der Waals surface area contributed by atoms with Gasteiger partial charge in [-0.05, 0) is 66.6 Å². The summed E-state index contributed by atoms with van der Waals surface area (Å²) in [5.41, 5.74) is 2.17. The van der Waals surface area contributed by atoms with Gasteiger partial charge < -0.3 is 15.2 Å². The van der Waals surface area contributed by atoms with Crippen molar-refractivity contribution in [1.29, 1.82) is 0 Å². The number of benzene rings is 2. The third kappa shape index (κ3) is 3.43. The Balaban J connectivity index is 1.43. The number of H-pyrrole nitrogens is 1. The molecule has 0 radical (unpaired) electrons. The van der Waals surface area contributed by atoms with Gasteiger partial charge in [-0.1, -0.05) is 0 Å². The van der Waals surface area contributed by atoms with Crippen LogP contribution in [0.2, 0.25) is 0 Å². The number of rotatable bonds is 4. The molecule has 2 amide bonds. The quantitative estimate of drug-likeness (QED) is 0.641. The fraction of sp³-hybridized carbons (Fsp3) is 0.333. The van der Waals surface area contributed by atoms with E-state index in [4.69, 9.17) is 0 Å². The molecule has 5 nitrogen and oxygen atoms in total. The number of amides is 2. The number of nitrogens with zero attached hydrogens (tertiary/aromatic N) is 1. The predicted molar refractivity (Wildman–Crippen MR) is 113 cm³/mol. The standard InChI is InChI=1S/C24H22F3N3O2/c1-30-7-6-19(24(30)32)28-23(31)14-8-13(9-14)20-17-10-16(26)11-18(27)22(17)29-21(20)12-2-4-15(25)5-3-12/h2-5,10-11,13-14,19,29H,6-9H2,1H3,(H,28,31). The van der Waals surface area contributed by atoms with E-state index in [0.29, 0.717) is 42.5 Å². The minimum Gasteiger partial charge on any atom is -0.352 e. The van der Waals surface area contributed by atoms with Crippen LogP contribution in [0.15, 0.2) is 36.4 Å². The average molecular weight is 441 g/mol. The molecule has 2 heterocycles. The van der Waals surface area contributed by atoms with Crippen molar-refractivity contribution in [2.75, 3.05) is 13.6 Å². The summed E-state index contributed by atoms with van der Waals surface area (Å²) in [6, 6.07) is 7.42. The van der Waals surface area contributed by atoms with Gasteiger partial charge in [-0.25, -0.2) is 13.2 Å². The number of halogens is 3. The molecule has 2 N–H and O–H groups in total. The Labute approximate surface area is 182 Å². The maximum atomic E-state index is 14.5. The SMILES string of the molecule is CN1CCC(NC(=O)C2CC(c3c(-c4ccc(F)cc4)[nH]c4c(F)cc(F)cc34)C2)C1=O. The van der Waals surface area contributed by atoms with Gasteiger partial charge in [0, 0.05) is 31.0 Å². The number of nitrogens with one attached hydrogen (secondary N) is 2. The average Bonchev–Trinajstić information content (AvgIpc) is 3.23. The lowest BCUT2D eigenvalue weighted by atomic mass is 9.69. The molecule has 0 bridgehead atoms. The second-order valence-corrected chi connectivity index (χ2v) is 8.71. The Hall–Kier alpha value is -3.29. The Morgan fingerprint density at radius 2 is 1.81 bits per heavy atom. The first-order valence-electron chi connectivity index (χ1n) is 10.6. The lowest BCUT2D eigenvalue weighted by Gasteiger charge is -2.35. The minimum atomic E-state index is -0.702. The lowest BCUT2D eigenvalue weighted by Crippen LogP contribution is -2.46. The monoisotopic (exact) mass is 441 g/mol. The van der Waals surface area contributed by atoms with Crippen LogP contribution in [0.4, 0.5) is 13.2 Å². The summed E-state index contributed by atoms with van der Waals surface area (Å²) in [6.07, 6.45) is 1.59. The van der Waals surface area contributed by atoms with E-state index in [1.54, 1.807) is 24.1 Å². The topological polar surface area (TPSA) is 65.2 Å². The highest BCUT2D eigenvalue weighted by atomic mass is 19.1. The molecule has 3 aromatic rings. The molecule has 1 aliphatic carbocycles. The van der Waals surface area contributed by atoms with Crippen molar-refractivity contribution in [1.82, 2.24) is 15.2 Å². The largest absolute Gasteiger partial charge is 0.352 e. The van der Waals surface area contributed by atoms with Crippen molar-refractivity contribution in [2.24, 2.45) is 5.92 Å². The molecule has 1 saturated heterocycles. The summed E-state index contributed by atoms with van der Waals surface area (Å²) in [6.45, 7) is 0.616. The van der Waals surface area contributed by atoms with Crippen LogP contribution in [0.3, 0.4) is 0 Å². The molecule has 0 spiro atoms. The normalized spacial score (nSPS) is 22.9. The van der Waals surface area contributed by atoms with E-state index in [-0.39, 0.29) is 29.2 Å². The molecule has 5 rings (SSSR count). The maximum absolute atomic E-state index is 14.5. The van der Waals surface area contributed by atoms with Gasteiger partial charge in [0.05, 0.1) is 11.2 Å². The van der Waals surface area contributed by atoms with Crippen LogP contribution in [-0.2, 0) is 9.59 Å².